The molecule has 1 N–H and O–H groups in total. The van der Waals surface area contributed by atoms with Gasteiger partial charge in [0.2, 0.25) is 0 Å². The molecule has 0 saturated carbocycles. The molecule has 0 spiro atoms. The van der Waals surface area contributed by atoms with Crippen LogP contribution in [0.15, 0.2) is 18.5 Å². The van der Waals surface area contributed by atoms with Crippen LogP contribution in [0.3, 0.4) is 0 Å². The van der Waals surface area contributed by atoms with Crippen LogP contribution in [-0.4, -0.2) is 25.9 Å². The van der Waals surface area contributed by atoms with Gasteiger partial charge >= 0.3 is 0 Å². The van der Waals surface area contributed by atoms with Crippen molar-refractivity contribution in [3.05, 3.63) is 35.7 Å². The van der Waals surface area contributed by atoms with Gasteiger partial charge in [-0.25, -0.2) is 4.98 Å². The van der Waals surface area contributed by atoms with E-state index in [1.807, 2.05) is 12.4 Å². The molecule has 0 aliphatic rings. The van der Waals surface area contributed by atoms with Gasteiger partial charge in [-0.05, 0) is 32.4 Å². The molecule has 21 heavy (non-hydrogen) atoms. The van der Waals surface area contributed by atoms with Crippen LogP contribution < -0.4 is 5.32 Å². The molecular formula is C16H27N5. The highest BCUT2D eigenvalue weighted by molar-refractivity contribution is 5.14. The fourth-order valence-corrected chi connectivity index (χ4v) is 2.62. The molecule has 2 heterocycles. The summed E-state index contributed by atoms with van der Waals surface area (Å²) in [5.74, 6) is 1.09. The predicted molar refractivity (Wildman–Crippen MR) is 85.2 cm³/mol. The van der Waals surface area contributed by atoms with Crippen LogP contribution >= 0.6 is 0 Å². The van der Waals surface area contributed by atoms with Gasteiger partial charge in [0.05, 0.1) is 11.7 Å². The van der Waals surface area contributed by atoms with Crippen molar-refractivity contribution in [1.29, 1.82) is 0 Å². The molecule has 1 atom stereocenters. The zero-order valence-corrected chi connectivity index (χ0v) is 13.6. The van der Waals surface area contributed by atoms with Crippen molar-refractivity contribution in [3.63, 3.8) is 0 Å². The van der Waals surface area contributed by atoms with Crippen molar-refractivity contribution in [2.24, 2.45) is 7.05 Å². The molecule has 0 bridgehead atoms. The molecular weight excluding hydrogens is 262 g/mol. The van der Waals surface area contributed by atoms with E-state index in [-0.39, 0.29) is 6.04 Å². The number of aromatic nitrogens is 4. The molecule has 5 nitrogen and oxygen atoms in total. The summed E-state index contributed by atoms with van der Waals surface area (Å²) in [5.41, 5.74) is 2.45. The lowest BCUT2D eigenvalue weighted by molar-refractivity contribution is 0.472. The molecule has 0 aliphatic carbocycles. The molecule has 0 fully saturated rings. The Labute approximate surface area is 127 Å². The maximum absolute atomic E-state index is 4.65. The first-order valence-corrected chi connectivity index (χ1v) is 7.95. The molecule has 5 heteroatoms. The lowest BCUT2D eigenvalue weighted by Crippen LogP contribution is -2.27. The Morgan fingerprint density at radius 3 is 2.67 bits per heavy atom. The summed E-state index contributed by atoms with van der Waals surface area (Å²) in [5, 5.41) is 8.26. The minimum atomic E-state index is 0.233. The third-order valence-electron chi connectivity index (χ3n) is 3.80. The van der Waals surface area contributed by atoms with Gasteiger partial charge in [-0.2, -0.15) is 5.10 Å². The Kier molecular flexibility index (Phi) is 5.56. The summed E-state index contributed by atoms with van der Waals surface area (Å²) in [6.45, 7) is 8.39. The van der Waals surface area contributed by atoms with E-state index < -0.39 is 0 Å². The highest BCUT2D eigenvalue weighted by Gasteiger charge is 2.18. The van der Waals surface area contributed by atoms with Gasteiger partial charge in [0.15, 0.2) is 0 Å². The van der Waals surface area contributed by atoms with Crippen molar-refractivity contribution in [1.82, 2.24) is 24.6 Å². The summed E-state index contributed by atoms with van der Waals surface area (Å²) in [7, 11) is 2.05. The van der Waals surface area contributed by atoms with E-state index in [2.05, 4.69) is 58.5 Å². The summed E-state index contributed by atoms with van der Waals surface area (Å²) in [6, 6.07) is 2.46. The SMILES string of the molecule is CCCNC(Cc1cc(CC)nn1CC)c1nccn1C. The monoisotopic (exact) mass is 289 g/mol. The largest absolute Gasteiger partial charge is 0.337 e. The average molecular weight is 289 g/mol. The number of hydrogen-bond donors (Lipinski definition) is 1. The third-order valence-corrected chi connectivity index (χ3v) is 3.80. The first-order chi connectivity index (χ1) is 10.2. The second kappa shape index (κ2) is 7.41. The topological polar surface area (TPSA) is 47.7 Å². The van der Waals surface area contributed by atoms with Gasteiger partial charge in [-0.3, -0.25) is 4.68 Å². The van der Waals surface area contributed by atoms with Crippen molar-refractivity contribution in [2.75, 3.05) is 6.54 Å². The van der Waals surface area contributed by atoms with Gasteiger partial charge < -0.3 is 9.88 Å². The van der Waals surface area contributed by atoms with Crippen LogP contribution in [0.1, 0.15) is 50.4 Å². The van der Waals surface area contributed by atoms with Crippen LogP contribution in [0.4, 0.5) is 0 Å². The zero-order valence-electron chi connectivity index (χ0n) is 13.6. The lowest BCUT2D eigenvalue weighted by Gasteiger charge is -2.18. The van der Waals surface area contributed by atoms with Crippen LogP contribution in [-0.2, 0) is 26.4 Å². The van der Waals surface area contributed by atoms with Crippen molar-refractivity contribution >= 4 is 0 Å². The van der Waals surface area contributed by atoms with Gasteiger partial charge in [0, 0.05) is 38.1 Å². The van der Waals surface area contributed by atoms with E-state index in [1.165, 1.54) is 11.4 Å². The number of nitrogens with one attached hydrogen (secondary N) is 1. The van der Waals surface area contributed by atoms with E-state index in [0.717, 1.165) is 38.2 Å². The molecule has 0 amide bonds. The highest BCUT2D eigenvalue weighted by Crippen LogP contribution is 2.18. The Morgan fingerprint density at radius 2 is 2.10 bits per heavy atom. The summed E-state index contributed by atoms with van der Waals surface area (Å²) >= 11 is 0. The van der Waals surface area contributed by atoms with Gasteiger partial charge in [-0.15, -0.1) is 0 Å². The number of nitrogens with zero attached hydrogens (tertiary/aromatic N) is 4. The highest BCUT2D eigenvalue weighted by atomic mass is 15.3. The zero-order chi connectivity index (χ0) is 15.2. The fourth-order valence-electron chi connectivity index (χ4n) is 2.62. The van der Waals surface area contributed by atoms with Crippen LogP contribution in [0.2, 0.25) is 0 Å². The second-order valence-electron chi connectivity index (χ2n) is 5.40. The van der Waals surface area contributed by atoms with Crippen molar-refractivity contribution in [3.8, 4) is 0 Å². The van der Waals surface area contributed by atoms with Crippen molar-refractivity contribution < 1.29 is 0 Å². The lowest BCUT2D eigenvalue weighted by atomic mass is 10.1. The number of hydrogen-bond acceptors (Lipinski definition) is 3. The Morgan fingerprint density at radius 1 is 1.29 bits per heavy atom. The maximum Gasteiger partial charge on any atom is 0.125 e. The van der Waals surface area contributed by atoms with Crippen LogP contribution in [0.5, 0.6) is 0 Å². The minimum absolute atomic E-state index is 0.233. The average Bonchev–Trinajstić information content (AvgIpc) is 3.09. The Hall–Kier alpha value is -1.62. The standard InChI is InChI=1S/C16H27N5/c1-5-8-17-15(16-18-9-10-20(16)4)12-14-11-13(6-2)19-21(14)7-3/h9-11,15,17H,5-8,12H2,1-4H3. The second-order valence-corrected chi connectivity index (χ2v) is 5.40. The summed E-state index contributed by atoms with van der Waals surface area (Å²) in [4.78, 5) is 4.52. The third kappa shape index (κ3) is 3.73. The molecule has 2 aromatic heterocycles. The van der Waals surface area contributed by atoms with Crippen LogP contribution in [0, 0.1) is 0 Å². The van der Waals surface area contributed by atoms with E-state index in [9.17, 15) is 0 Å². The molecule has 0 aliphatic heterocycles. The van der Waals surface area contributed by atoms with E-state index in [0.29, 0.717) is 0 Å². The molecule has 2 aromatic rings. The molecule has 0 saturated heterocycles. The van der Waals surface area contributed by atoms with E-state index in [4.69, 9.17) is 0 Å². The Balaban J connectivity index is 2.22. The van der Waals surface area contributed by atoms with Gasteiger partial charge in [0.25, 0.3) is 0 Å². The smallest absolute Gasteiger partial charge is 0.125 e. The number of aryl methyl sites for hydroxylation is 3. The Bertz CT molecular complexity index is 555. The molecule has 0 aromatic carbocycles. The molecule has 2 rings (SSSR count). The maximum atomic E-state index is 4.65. The molecule has 0 radical (unpaired) electrons. The summed E-state index contributed by atoms with van der Waals surface area (Å²) < 4.78 is 4.21. The van der Waals surface area contributed by atoms with Crippen LogP contribution in [0.25, 0.3) is 0 Å². The summed E-state index contributed by atoms with van der Waals surface area (Å²) in [6.07, 6.45) is 6.89. The number of rotatable bonds is 8. The molecule has 1 unspecified atom stereocenters. The van der Waals surface area contributed by atoms with Gasteiger partial charge in [-0.1, -0.05) is 13.8 Å². The normalized spacial score (nSPS) is 12.8. The predicted octanol–water partition coefficient (Wildman–Crippen LogP) is 2.48. The van der Waals surface area contributed by atoms with E-state index in [1.54, 1.807) is 0 Å². The van der Waals surface area contributed by atoms with Gasteiger partial charge in [0.1, 0.15) is 5.82 Å². The quantitative estimate of drug-likeness (QED) is 0.812. The fraction of sp³-hybridized carbons (Fsp3) is 0.625. The first-order valence-electron chi connectivity index (χ1n) is 7.95. The number of imidazole rings is 1. The van der Waals surface area contributed by atoms with E-state index >= 15 is 0 Å². The minimum Gasteiger partial charge on any atom is -0.337 e. The molecule has 116 valence electrons. The first kappa shape index (κ1) is 15.8. The van der Waals surface area contributed by atoms with Crippen molar-refractivity contribution in [2.45, 2.75) is 52.6 Å².